The van der Waals surface area contributed by atoms with E-state index >= 15 is 0 Å². The second kappa shape index (κ2) is 8.85. The normalized spacial score (nSPS) is 21.2. The Morgan fingerprint density at radius 2 is 2.04 bits per heavy atom. The molecule has 2 rings (SSSR count). The number of rotatable bonds is 7. The predicted octanol–water partition coefficient (Wildman–Crippen LogP) is 2.45. The second-order valence-corrected chi connectivity index (χ2v) is 6.17. The number of benzene rings is 1. The van der Waals surface area contributed by atoms with Gasteiger partial charge in [-0.15, -0.1) is 0 Å². The Hall–Kier alpha value is -1.85. The highest BCUT2D eigenvalue weighted by Crippen LogP contribution is 2.23. The van der Waals surface area contributed by atoms with Gasteiger partial charge in [0, 0.05) is 26.8 Å². The van der Waals surface area contributed by atoms with Crippen LogP contribution in [0.3, 0.4) is 0 Å². The molecule has 0 aromatic heterocycles. The molecule has 0 radical (unpaired) electrons. The van der Waals surface area contributed by atoms with E-state index in [2.05, 4.69) is 0 Å². The van der Waals surface area contributed by atoms with Gasteiger partial charge in [0.25, 0.3) is 0 Å². The molecule has 1 amide bonds. The summed E-state index contributed by atoms with van der Waals surface area (Å²) in [4.78, 5) is 14.5. The number of ether oxygens (including phenoxy) is 3. The Balaban J connectivity index is 2.07. The van der Waals surface area contributed by atoms with Crippen molar-refractivity contribution in [1.82, 2.24) is 4.90 Å². The Labute approximate surface area is 144 Å². The van der Waals surface area contributed by atoms with Gasteiger partial charge in [0.1, 0.15) is 5.75 Å². The number of carbonyl (C=O) groups excluding carboxylic acids is 1. The van der Waals surface area contributed by atoms with Crippen molar-refractivity contribution in [2.45, 2.75) is 31.9 Å². The van der Waals surface area contributed by atoms with E-state index in [9.17, 15) is 4.79 Å². The lowest BCUT2D eigenvalue weighted by Crippen LogP contribution is -2.37. The lowest BCUT2D eigenvalue weighted by molar-refractivity contribution is -0.128. The van der Waals surface area contributed by atoms with E-state index in [1.807, 2.05) is 36.1 Å². The minimum atomic E-state index is 0.0176. The van der Waals surface area contributed by atoms with Crippen LogP contribution in [-0.4, -0.2) is 57.4 Å². The molecule has 1 aromatic carbocycles. The monoisotopic (exact) mass is 333 g/mol. The number of hydrogen-bond donors (Lipinski definition) is 0. The number of para-hydroxylation sites is 1. The summed E-state index contributed by atoms with van der Waals surface area (Å²) in [6.45, 7) is 3.12. The van der Waals surface area contributed by atoms with Gasteiger partial charge < -0.3 is 19.1 Å². The molecule has 1 fully saturated rings. The van der Waals surface area contributed by atoms with Crippen molar-refractivity contribution in [2.24, 2.45) is 0 Å². The minimum Gasteiger partial charge on any atom is -0.496 e. The summed E-state index contributed by atoms with van der Waals surface area (Å²) in [5.74, 6) is 0.861. The van der Waals surface area contributed by atoms with Gasteiger partial charge in [0.15, 0.2) is 0 Å². The van der Waals surface area contributed by atoms with Crippen molar-refractivity contribution in [2.75, 3.05) is 34.5 Å². The molecule has 5 nitrogen and oxygen atoms in total. The molecule has 1 aliphatic rings. The van der Waals surface area contributed by atoms with Gasteiger partial charge in [0.05, 0.1) is 25.9 Å². The average molecular weight is 333 g/mol. The Bertz CT molecular complexity index is 584. The first kappa shape index (κ1) is 18.5. The fraction of sp³-hybridized carbons (Fsp3) is 0.526. The zero-order valence-electron chi connectivity index (χ0n) is 15.0. The van der Waals surface area contributed by atoms with E-state index in [-0.39, 0.29) is 18.1 Å². The first-order valence-corrected chi connectivity index (χ1v) is 8.20. The molecular weight excluding hydrogens is 306 g/mol. The van der Waals surface area contributed by atoms with Crippen LogP contribution in [0.15, 0.2) is 35.9 Å². The molecular formula is C19H27NO4. The van der Waals surface area contributed by atoms with Crippen molar-refractivity contribution in [1.29, 1.82) is 0 Å². The van der Waals surface area contributed by atoms with Crippen molar-refractivity contribution < 1.29 is 19.0 Å². The number of likely N-dealkylation sites (tertiary alicyclic amines) is 1. The largest absolute Gasteiger partial charge is 0.496 e. The summed E-state index contributed by atoms with van der Waals surface area (Å²) in [7, 11) is 5.00. The summed E-state index contributed by atoms with van der Waals surface area (Å²) < 4.78 is 16.0. The van der Waals surface area contributed by atoms with Crippen molar-refractivity contribution >= 4 is 5.91 Å². The fourth-order valence-electron chi connectivity index (χ4n) is 3.16. The summed E-state index contributed by atoms with van der Waals surface area (Å²) >= 11 is 0. The first-order valence-electron chi connectivity index (χ1n) is 8.20. The van der Waals surface area contributed by atoms with Crippen LogP contribution in [0.4, 0.5) is 0 Å². The topological polar surface area (TPSA) is 48.0 Å². The third-order valence-electron chi connectivity index (χ3n) is 4.38. The van der Waals surface area contributed by atoms with E-state index in [0.29, 0.717) is 19.6 Å². The zero-order valence-corrected chi connectivity index (χ0v) is 15.0. The third kappa shape index (κ3) is 4.58. The molecule has 0 unspecified atom stereocenters. The Morgan fingerprint density at radius 3 is 2.71 bits per heavy atom. The minimum absolute atomic E-state index is 0.0176. The molecule has 1 heterocycles. The molecule has 5 heteroatoms. The Kier molecular flexibility index (Phi) is 6.82. The van der Waals surface area contributed by atoms with Crippen molar-refractivity contribution in [3.63, 3.8) is 0 Å². The van der Waals surface area contributed by atoms with Crippen LogP contribution in [0.25, 0.3) is 0 Å². The zero-order chi connectivity index (χ0) is 17.5. The molecule has 0 N–H and O–H groups in total. The van der Waals surface area contributed by atoms with Gasteiger partial charge in [-0.05, 0) is 31.4 Å². The maximum absolute atomic E-state index is 12.7. The molecule has 132 valence electrons. The maximum atomic E-state index is 12.7. The molecule has 0 bridgehead atoms. The summed E-state index contributed by atoms with van der Waals surface area (Å²) in [6, 6.07) is 7.94. The molecule has 2 atom stereocenters. The van der Waals surface area contributed by atoms with Crippen LogP contribution in [-0.2, 0) is 20.7 Å². The summed E-state index contributed by atoms with van der Waals surface area (Å²) in [6.07, 6.45) is 3.30. The average Bonchev–Trinajstić information content (AvgIpc) is 2.99. The van der Waals surface area contributed by atoms with Gasteiger partial charge in [0.2, 0.25) is 5.91 Å². The molecule has 1 aromatic rings. The predicted molar refractivity (Wildman–Crippen MR) is 93.2 cm³/mol. The van der Waals surface area contributed by atoms with E-state index in [4.69, 9.17) is 14.2 Å². The number of amides is 1. The van der Waals surface area contributed by atoms with Gasteiger partial charge in [-0.2, -0.15) is 0 Å². The molecule has 24 heavy (non-hydrogen) atoms. The van der Waals surface area contributed by atoms with Gasteiger partial charge in [-0.1, -0.05) is 23.8 Å². The van der Waals surface area contributed by atoms with Crippen LogP contribution >= 0.6 is 0 Å². The number of hydrogen-bond acceptors (Lipinski definition) is 4. The van der Waals surface area contributed by atoms with Crippen LogP contribution in [0.1, 0.15) is 18.9 Å². The molecule has 0 saturated carbocycles. The Morgan fingerprint density at radius 1 is 1.29 bits per heavy atom. The highest BCUT2D eigenvalue weighted by molar-refractivity contribution is 5.88. The van der Waals surface area contributed by atoms with E-state index in [0.717, 1.165) is 23.3 Å². The van der Waals surface area contributed by atoms with E-state index < -0.39 is 0 Å². The standard InChI is InChI=1S/C19H27NO4/c1-14(9-15-7-5-6-8-18(15)24-4)10-19(21)20-12-17(23-3)11-16(20)13-22-2/h5-8,10,16-17H,9,11-13H2,1-4H3/b14-10-/t16-,17+/m0/s1. The smallest absolute Gasteiger partial charge is 0.246 e. The lowest BCUT2D eigenvalue weighted by atomic mass is 10.0. The number of allylic oxidation sites excluding steroid dienone is 1. The SMILES string of the molecule is COC[C@@H]1C[C@@H](OC)CN1C(=O)/C=C(/C)Cc1ccccc1OC. The first-order chi connectivity index (χ1) is 11.6. The maximum Gasteiger partial charge on any atom is 0.246 e. The lowest BCUT2D eigenvalue weighted by Gasteiger charge is -2.22. The van der Waals surface area contributed by atoms with Crippen LogP contribution < -0.4 is 4.74 Å². The van der Waals surface area contributed by atoms with Gasteiger partial charge >= 0.3 is 0 Å². The highest BCUT2D eigenvalue weighted by Gasteiger charge is 2.34. The van der Waals surface area contributed by atoms with Gasteiger partial charge in [-0.3, -0.25) is 4.79 Å². The number of nitrogens with zero attached hydrogens (tertiary/aromatic N) is 1. The van der Waals surface area contributed by atoms with Crippen LogP contribution in [0.5, 0.6) is 5.75 Å². The fourth-order valence-corrected chi connectivity index (χ4v) is 3.16. The summed E-state index contributed by atoms with van der Waals surface area (Å²) in [5.41, 5.74) is 2.08. The number of methoxy groups -OCH3 is 3. The number of carbonyl (C=O) groups is 1. The van der Waals surface area contributed by atoms with E-state index in [1.54, 1.807) is 27.4 Å². The molecule has 1 aliphatic heterocycles. The second-order valence-electron chi connectivity index (χ2n) is 6.17. The van der Waals surface area contributed by atoms with Crippen molar-refractivity contribution in [3.05, 3.63) is 41.5 Å². The quantitative estimate of drug-likeness (QED) is 0.719. The van der Waals surface area contributed by atoms with Crippen LogP contribution in [0.2, 0.25) is 0 Å². The van der Waals surface area contributed by atoms with E-state index in [1.165, 1.54) is 0 Å². The van der Waals surface area contributed by atoms with Crippen LogP contribution in [0, 0.1) is 0 Å². The summed E-state index contributed by atoms with van der Waals surface area (Å²) in [5, 5.41) is 0. The van der Waals surface area contributed by atoms with Crippen molar-refractivity contribution in [3.8, 4) is 5.75 Å². The molecule has 1 saturated heterocycles. The highest BCUT2D eigenvalue weighted by atomic mass is 16.5. The molecule has 0 spiro atoms. The molecule has 0 aliphatic carbocycles. The van der Waals surface area contributed by atoms with Gasteiger partial charge in [-0.25, -0.2) is 0 Å². The third-order valence-corrected chi connectivity index (χ3v) is 4.38.